The summed E-state index contributed by atoms with van der Waals surface area (Å²) in [6.07, 6.45) is 5.53. The summed E-state index contributed by atoms with van der Waals surface area (Å²) in [5.41, 5.74) is 3.66. The van der Waals surface area contributed by atoms with E-state index in [1.807, 2.05) is 18.7 Å². The van der Waals surface area contributed by atoms with Gasteiger partial charge in [0.25, 0.3) is 5.91 Å². The molecule has 1 aromatic carbocycles. The van der Waals surface area contributed by atoms with E-state index in [4.69, 9.17) is 0 Å². The van der Waals surface area contributed by atoms with Gasteiger partial charge in [0.15, 0.2) is 0 Å². The maximum absolute atomic E-state index is 13.3. The fourth-order valence-corrected chi connectivity index (χ4v) is 7.23. The number of carbonyl (C=O) groups excluding carboxylic acids is 2. The summed E-state index contributed by atoms with van der Waals surface area (Å²) in [7, 11) is 0. The number of fused-ring (bicyclic) bond motifs is 1. The minimum Gasteiger partial charge on any atom is -0.343 e. The van der Waals surface area contributed by atoms with Crippen molar-refractivity contribution in [2.24, 2.45) is 23.7 Å². The fraction of sp³-hybridized carbons (Fsp3) is 0.625. The number of carbonyl (C=O) groups is 2. The molecule has 3 aliphatic heterocycles. The third-order valence-corrected chi connectivity index (χ3v) is 9.32. The summed E-state index contributed by atoms with van der Waals surface area (Å²) in [6.45, 7) is 14.7. The normalized spacial score (nSPS) is 22.9. The topological polar surface area (TPSA) is 69.6 Å². The van der Waals surface area contributed by atoms with Crippen molar-refractivity contribution in [2.45, 2.75) is 59.3 Å². The first-order valence-corrected chi connectivity index (χ1v) is 14.9. The average molecular weight is 532 g/mol. The molecule has 7 nitrogen and oxygen atoms in total. The largest absolute Gasteiger partial charge is 0.343 e. The molecule has 0 radical (unpaired) electrons. The van der Waals surface area contributed by atoms with Crippen molar-refractivity contribution >= 4 is 11.8 Å². The highest BCUT2D eigenvalue weighted by atomic mass is 16.2. The lowest BCUT2D eigenvalue weighted by Gasteiger charge is -2.37. The van der Waals surface area contributed by atoms with E-state index in [1.165, 1.54) is 11.9 Å². The van der Waals surface area contributed by atoms with Crippen LogP contribution in [0.3, 0.4) is 0 Å². The summed E-state index contributed by atoms with van der Waals surface area (Å²) < 4.78 is 0. The van der Waals surface area contributed by atoms with Gasteiger partial charge in [-0.1, -0.05) is 44.2 Å². The lowest BCUT2D eigenvalue weighted by molar-refractivity contribution is -0.133. The van der Waals surface area contributed by atoms with Crippen molar-refractivity contribution in [2.75, 3.05) is 45.8 Å². The van der Waals surface area contributed by atoms with Crippen LogP contribution in [0.1, 0.15) is 72.8 Å². The number of piperidine rings is 1. The fourth-order valence-electron chi connectivity index (χ4n) is 7.23. The number of likely N-dealkylation sites (tertiary alicyclic amines) is 3. The molecule has 39 heavy (non-hydrogen) atoms. The molecule has 3 unspecified atom stereocenters. The third kappa shape index (κ3) is 6.34. The number of amides is 2. The number of nitrogens with zero attached hydrogens (tertiary/aromatic N) is 5. The second-order valence-corrected chi connectivity index (χ2v) is 12.5. The lowest BCUT2D eigenvalue weighted by atomic mass is 9.78. The zero-order chi connectivity index (χ0) is 27.5. The molecule has 0 saturated carbocycles. The van der Waals surface area contributed by atoms with Crippen molar-refractivity contribution < 1.29 is 9.59 Å². The first-order valence-electron chi connectivity index (χ1n) is 14.9. The third-order valence-electron chi connectivity index (χ3n) is 9.32. The van der Waals surface area contributed by atoms with E-state index in [2.05, 4.69) is 63.9 Å². The second-order valence-electron chi connectivity index (χ2n) is 12.5. The Morgan fingerprint density at radius 2 is 1.51 bits per heavy atom. The van der Waals surface area contributed by atoms with Gasteiger partial charge >= 0.3 is 0 Å². The lowest BCUT2D eigenvalue weighted by Crippen LogP contribution is -2.40. The van der Waals surface area contributed by atoms with Crippen LogP contribution in [0.2, 0.25) is 0 Å². The van der Waals surface area contributed by atoms with Crippen LogP contribution in [0.4, 0.5) is 0 Å². The standard InChI is InChI=1S/C32H45N5O2/c1-22(2)16-30(38)36-14-10-26(11-15-36)29(25-8-6-5-7-9-25)12-13-35-17-27-19-37(20-28(27)18-35)32(39)31-23(3)33-21-34-24(31)4/h5-9,21-22,26-29H,10-20H2,1-4H3. The molecule has 3 aliphatic rings. The first kappa shape index (κ1) is 27.8. The molecule has 0 spiro atoms. The Kier molecular flexibility index (Phi) is 8.65. The molecule has 0 aliphatic carbocycles. The average Bonchev–Trinajstić information content (AvgIpc) is 3.48. The van der Waals surface area contributed by atoms with Gasteiger partial charge in [0.2, 0.25) is 5.91 Å². The van der Waals surface area contributed by atoms with Crippen LogP contribution >= 0.6 is 0 Å². The van der Waals surface area contributed by atoms with Crippen LogP contribution in [-0.4, -0.2) is 82.3 Å². The van der Waals surface area contributed by atoms with E-state index < -0.39 is 0 Å². The molecule has 4 heterocycles. The van der Waals surface area contributed by atoms with Gasteiger partial charge in [0.1, 0.15) is 6.33 Å². The summed E-state index contributed by atoms with van der Waals surface area (Å²) >= 11 is 0. The van der Waals surface area contributed by atoms with Crippen LogP contribution in [0.5, 0.6) is 0 Å². The van der Waals surface area contributed by atoms with Crippen LogP contribution in [-0.2, 0) is 4.79 Å². The van der Waals surface area contributed by atoms with E-state index in [9.17, 15) is 9.59 Å². The molecule has 210 valence electrons. The molecule has 0 bridgehead atoms. The zero-order valence-corrected chi connectivity index (χ0v) is 24.2. The highest BCUT2D eigenvalue weighted by Gasteiger charge is 2.42. The number of aryl methyl sites for hydroxylation is 2. The van der Waals surface area contributed by atoms with E-state index in [0.717, 1.165) is 76.5 Å². The van der Waals surface area contributed by atoms with E-state index in [-0.39, 0.29) is 5.91 Å². The molecule has 7 heteroatoms. The Morgan fingerprint density at radius 1 is 0.897 bits per heavy atom. The molecule has 0 N–H and O–H groups in total. The number of hydrogen-bond donors (Lipinski definition) is 0. The zero-order valence-electron chi connectivity index (χ0n) is 24.2. The van der Waals surface area contributed by atoms with Crippen LogP contribution in [0, 0.1) is 37.5 Å². The Hall–Kier alpha value is -2.80. The first-order chi connectivity index (χ1) is 18.8. The molecular formula is C32H45N5O2. The monoisotopic (exact) mass is 531 g/mol. The van der Waals surface area contributed by atoms with Gasteiger partial charge in [-0.15, -0.1) is 0 Å². The van der Waals surface area contributed by atoms with Crippen LogP contribution in [0.15, 0.2) is 36.7 Å². The molecule has 5 rings (SSSR count). The maximum atomic E-state index is 13.3. The van der Waals surface area contributed by atoms with Crippen molar-refractivity contribution in [3.63, 3.8) is 0 Å². The smallest absolute Gasteiger partial charge is 0.257 e. The summed E-state index contributed by atoms with van der Waals surface area (Å²) in [5.74, 6) is 3.06. The van der Waals surface area contributed by atoms with Gasteiger partial charge in [-0.2, -0.15) is 0 Å². The van der Waals surface area contributed by atoms with Crippen molar-refractivity contribution in [3.8, 4) is 0 Å². The molecule has 1 aromatic heterocycles. The van der Waals surface area contributed by atoms with E-state index >= 15 is 0 Å². The highest BCUT2D eigenvalue weighted by molar-refractivity contribution is 5.96. The molecule has 3 saturated heterocycles. The molecule has 2 amide bonds. The van der Waals surface area contributed by atoms with Gasteiger partial charge in [-0.3, -0.25) is 9.59 Å². The predicted octanol–water partition coefficient (Wildman–Crippen LogP) is 4.56. The summed E-state index contributed by atoms with van der Waals surface area (Å²) in [4.78, 5) is 41.2. The van der Waals surface area contributed by atoms with Gasteiger partial charge in [-0.25, -0.2) is 9.97 Å². The number of benzene rings is 1. The second kappa shape index (κ2) is 12.2. The summed E-state index contributed by atoms with van der Waals surface area (Å²) in [5, 5.41) is 0. The van der Waals surface area contributed by atoms with Gasteiger partial charge in [0.05, 0.1) is 17.0 Å². The predicted molar refractivity (Wildman–Crippen MR) is 153 cm³/mol. The van der Waals surface area contributed by atoms with Crippen molar-refractivity contribution in [3.05, 3.63) is 59.2 Å². The SMILES string of the molecule is Cc1ncnc(C)c1C(=O)N1CC2CN(CCC(c3ccccc3)C3CCN(C(=O)CC(C)C)CC3)CC2C1. The van der Waals surface area contributed by atoms with Crippen LogP contribution < -0.4 is 0 Å². The van der Waals surface area contributed by atoms with E-state index in [1.54, 1.807) is 0 Å². The number of hydrogen-bond acceptors (Lipinski definition) is 5. The van der Waals surface area contributed by atoms with Gasteiger partial charge < -0.3 is 14.7 Å². The molecule has 3 atom stereocenters. The minimum atomic E-state index is 0.0916. The molecule has 2 aromatic rings. The van der Waals surface area contributed by atoms with E-state index in [0.29, 0.717) is 47.5 Å². The highest BCUT2D eigenvalue weighted by Crippen LogP contribution is 2.37. The van der Waals surface area contributed by atoms with Gasteiger partial charge in [0, 0.05) is 45.7 Å². The molecular weight excluding hydrogens is 486 g/mol. The Labute approximate surface area is 234 Å². The maximum Gasteiger partial charge on any atom is 0.257 e. The van der Waals surface area contributed by atoms with Crippen LogP contribution in [0.25, 0.3) is 0 Å². The van der Waals surface area contributed by atoms with Crippen molar-refractivity contribution in [1.82, 2.24) is 24.7 Å². The van der Waals surface area contributed by atoms with Crippen molar-refractivity contribution in [1.29, 1.82) is 0 Å². The number of aromatic nitrogens is 2. The Balaban J connectivity index is 1.16. The quantitative estimate of drug-likeness (QED) is 0.500. The number of rotatable bonds is 8. The molecule has 3 fully saturated rings. The Morgan fingerprint density at radius 3 is 2.10 bits per heavy atom. The Bertz CT molecular complexity index is 1110. The summed E-state index contributed by atoms with van der Waals surface area (Å²) in [6, 6.07) is 11.0. The minimum absolute atomic E-state index is 0.0916. The van der Waals surface area contributed by atoms with Gasteiger partial charge in [-0.05, 0) is 74.8 Å².